The van der Waals surface area contributed by atoms with Crippen molar-refractivity contribution in [2.45, 2.75) is 32.6 Å². The van der Waals surface area contributed by atoms with E-state index in [1.165, 1.54) is 0 Å². The molecule has 2 aromatic heterocycles. The number of anilines is 1. The molecule has 8 nitrogen and oxygen atoms in total. The number of piperidine rings is 1. The van der Waals surface area contributed by atoms with Gasteiger partial charge < -0.3 is 10.2 Å². The Morgan fingerprint density at radius 2 is 2.04 bits per heavy atom. The van der Waals surface area contributed by atoms with Crippen LogP contribution in [-0.2, 0) is 16.6 Å². The molecular formula is C16H22N6O2. The Morgan fingerprint density at radius 3 is 2.79 bits per heavy atom. The van der Waals surface area contributed by atoms with Crippen molar-refractivity contribution in [2.24, 2.45) is 18.9 Å². The molecule has 0 radical (unpaired) electrons. The van der Waals surface area contributed by atoms with Crippen molar-refractivity contribution in [3.63, 3.8) is 0 Å². The van der Waals surface area contributed by atoms with Gasteiger partial charge in [0.05, 0.1) is 17.0 Å². The van der Waals surface area contributed by atoms with Gasteiger partial charge >= 0.3 is 0 Å². The van der Waals surface area contributed by atoms with Crippen molar-refractivity contribution in [3.05, 3.63) is 5.69 Å². The summed E-state index contributed by atoms with van der Waals surface area (Å²) in [5.74, 6) is 0.789. The van der Waals surface area contributed by atoms with Crippen molar-refractivity contribution < 1.29 is 9.59 Å². The Balaban J connectivity index is 1.47. The van der Waals surface area contributed by atoms with E-state index in [0.717, 1.165) is 49.0 Å². The minimum Gasteiger partial charge on any atom is -0.342 e. The van der Waals surface area contributed by atoms with Gasteiger partial charge in [0.15, 0.2) is 5.65 Å². The van der Waals surface area contributed by atoms with Crippen LogP contribution in [0, 0.1) is 18.8 Å². The Bertz CT molecular complexity index is 803. The molecule has 0 unspecified atom stereocenters. The molecule has 1 aliphatic heterocycles. The Kier molecular flexibility index (Phi) is 3.54. The zero-order chi connectivity index (χ0) is 16.8. The van der Waals surface area contributed by atoms with Crippen LogP contribution in [0.5, 0.6) is 0 Å². The lowest BCUT2D eigenvalue weighted by molar-refractivity contribution is -0.135. The SMILES string of the molecule is Cc1nn(C)c2n[nH]c(NC(=O)[C@H]3CCCN(C(=O)C4CC4)C3)c12. The monoisotopic (exact) mass is 330 g/mol. The molecule has 2 aromatic rings. The lowest BCUT2D eigenvalue weighted by Gasteiger charge is -2.32. The van der Waals surface area contributed by atoms with Gasteiger partial charge in [-0.05, 0) is 32.6 Å². The summed E-state index contributed by atoms with van der Waals surface area (Å²) < 4.78 is 1.69. The second-order valence-electron chi connectivity index (χ2n) is 6.89. The van der Waals surface area contributed by atoms with Crippen LogP contribution in [0.1, 0.15) is 31.4 Å². The third-order valence-corrected chi connectivity index (χ3v) is 4.99. The molecule has 2 fully saturated rings. The van der Waals surface area contributed by atoms with Gasteiger partial charge in [-0.25, -0.2) is 4.68 Å². The molecule has 4 rings (SSSR count). The van der Waals surface area contributed by atoms with Crippen LogP contribution in [0.4, 0.5) is 5.82 Å². The molecule has 2 aliphatic rings. The fourth-order valence-electron chi connectivity index (χ4n) is 3.53. The lowest BCUT2D eigenvalue weighted by atomic mass is 9.96. The van der Waals surface area contributed by atoms with E-state index in [1.807, 2.05) is 18.9 Å². The van der Waals surface area contributed by atoms with Crippen LogP contribution >= 0.6 is 0 Å². The number of H-pyrrole nitrogens is 1. The number of nitrogens with one attached hydrogen (secondary N) is 2. The molecule has 8 heteroatoms. The number of carbonyl (C=O) groups excluding carboxylic acids is 2. The van der Waals surface area contributed by atoms with Gasteiger partial charge in [-0.15, -0.1) is 0 Å². The van der Waals surface area contributed by atoms with Crippen molar-refractivity contribution in [3.8, 4) is 0 Å². The third kappa shape index (κ3) is 2.55. The number of nitrogens with zero attached hydrogens (tertiary/aromatic N) is 4. The van der Waals surface area contributed by atoms with Crippen LogP contribution in [-0.4, -0.2) is 49.8 Å². The fraction of sp³-hybridized carbons (Fsp3) is 0.625. The van der Waals surface area contributed by atoms with Crippen molar-refractivity contribution in [1.82, 2.24) is 24.9 Å². The number of fused-ring (bicyclic) bond motifs is 1. The van der Waals surface area contributed by atoms with Crippen molar-refractivity contribution in [1.29, 1.82) is 0 Å². The molecule has 1 atom stereocenters. The number of likely N-dealkylation sites (tertiary alicyclic amines) is 1. The number of hydrogen-bond acceptors (Lipinski definition) is 4. The second kappa shape index (κ2) is 5.61. The lowest BCUT2D eigenvalue weighted by Crippen LogP contribution is -2.44. The average Bonchev–Trinajstić information content (AvgIpc) is 3.28. The van der Waals surface area contributed by atoms with E-state index in [-0.39, 0.29) is 23.7 Å². The number of hydrogen-bond donors (Lipinski definition) is 2. The molecule has 0 bridgehead atoms. The first-order valence-corrected chi connectivity index (χ1v) is 8.52. The molecule has 1 aliphatic carbocycles. The minimum absolute atomic E-state index is 0.0582. The molecular weight excluding hydrogens is 308 g/mol. The number of aryl methyl sites for hydroxylation is 2. The smallest absolute Gasteiger partial charge is 0.230 e. The first-order valence-electron chi connectivity index (χ1n) is 8.52. The maximum Gasteiger partial charge on any atom is 0.230 e. The summed E-state index contributed by atoms with van der Waals surface area (Å²) in [4.78, 5) is 26.8. The van der Waals surface area contributed by atoms with Crippen molar-refractivity contribution >= 4 is 28.7 Å². The third-order valence-electron chi connectivity index (χ3n) is 4.99. The van der Waals surface area contributed by atoms with Crippen LogP contribution in [0.25, 0.3) is 11.0 Å². The van der Waals surface area contributed by atoms with Crippen LogP contribution < -0.4 is 5.32 Å². The van der Waals surface area contributed by atoms with Crippen LogP contribution in [0.2, 0.25) is 0 Å². The van der Waals surface area contributed by atoms with Gasteiger partial charge in [-0.2, -0.15) is 10.2 Å². The van der Waals surface area contributed by atoms with E-state index in [9.17, 15) is 9.59 Å². The van der Waals surface area contributed by atoms with Crippen LogP contribution in [0.3, 0.4) is 0 Å². The Hall–Kier alpha value is -2.38. The first-order chi connectivity index (χ1) is 11.5. The Labute approximate surface area is 139 Å². The molecule has 0 spiro atoms. The van der Waals surface area contributed by atoms with Gasteiger partial charge in [0.2, 0.25) is 11.8 Å². The first kappa shape index (κ1) is 15.2. The van der Waals surface area contributed by atoms with E-state index < -0.39 is 0 Å². The number of aromatic nitrogens is 4. The highest BCUT2D eigenvalue weighted by atomic mass is 16.2. The van der Waals surface area contributed by atoms with E-state index in [0.29, 0.717) is 12.4 Å². The molecule has 2 N–H and O–H groups in total. The average molecular weight is 330 g/mol. The predicted molar refractivity (Wildman–Crippen MR) is 88.3 cm³/mol. The minimum atomic E-state index is -0.170. The highest BCUT2D eigenvalue weighted by Crippen LogP contribution is 2.33. The Morgan fingerprint density at radius 1 is 1.25 bits per heavy atom. The summed E-state index contributed by atoms with van der Waals surface area (Å²) >= 11 is 0. The highest BCUT2D eigenvalue weighted by molar-refractivity contribution is 6.01. The number of carbonyl (C=O) groups is 2. The summed E-state index contributed by atoms with van der Waals surface area (Å²) in [6, 6.07) is 0. The van der Waals surface area contributed by atoms with E-state index in [2.05, 4.69) is 20.6 Å². The number of rotatable bonds is 3. The molecule has 24 heavy (non-hydrogen) atoms. The topological polar surface area (TPSA) is 95.9 Å². The summed E-state index contributed by atoms with van der Waals surface area (Å²) in [6.07, 6.45) is 3.68. The van der Waals surface area contributed by atoms with Gasteiger partial charge in [-0.1, -0.05) is 0 Å². The summed E-state index contributed by atoms with van der Waals surface area (Å²) in [7, 11) is 1.82. The fourth-order valence-corrected chi connectivity index (χ4v) is 3.53. The standard InChI is InChI=1S/C16H22N6O2/c1-9-12-13(18-19-14(12)21(2)20-9)17-15(23)11-4-3-7-22(8-11)16(24)10-5-6-10/h10-11H,3-8H2,1-2H3,(H2,17,18,19,23)/t11-/m0/s1. The normalized spacial score (nSPS) is 21.2. The molecule has 128 valence electrons. The quantitative estimate of drug-likeness (QED) is 0.883. The highest BCUT2D eigenvalue weighted by Gasteiger charge is 2.36. The summed E-state index contributed by atoms with van der Waals surface area (Å²) in [5.41, 5.74) is 1.54. The van der Waals surface area contributed by atoms with E-state index >= 15 is 0 Å². The molecule has 1 saturated heterocycles. The van der Waals surface area contributed by atoms with Crippen LogP contribution in [0.15, 0.2) is 0 Å². The second-order valence-corrected chi connectivity index (χ2v) is 6.89. The zero-order valence-corrected chi connectivity index (χ0v) is 14.0. The largest absolute Gasteiger partial charge is 0.342 e. The summed E-state index contributed by atoms with van der Waals surface area (Å²) in [5, 5.41) is 15.2. The zero-order valence-electron chi connectivity index (χ0n) is 14.0. The van der Waals surface area contributed by atoms with E-state index in [4.69, 9.17) is 0 Å². The molecule has 0 aromatic carbocycles. The van der Waals surface area contributed by atoms with Crippen molar-refractivity contribution in [2.75, 3.05) is 18.4 Å². The van der Waals surface area contributed by atoms with Gasteiger partial charge in [0.25, 0.3) is 0 Å². The number of aromatic amines is 1. The molecule has 2 amide bonds. The number of amides is 2. The molecule has 1 saturated carbocycles. The van der Waals surface area contributed by atoms with E-state index in [1.54, 1.807) is 4.68 Å². The van der Waals surface area contributed by atoms with Gasteiger partial charge in [0, 0.05) is 26.1 Å². The van der Waals surface area contributed by atoms with Gasteiger partial charge in [-0.3, -0.25) is 14.7 Å². The summed E-state index contributed by atoms with van der Waals surface area (Å²) in [6.45, 7) is 3.18. The maximum atomic E-state index is 12.7. The molecule has 3 heterocycles. The maximum absolute atomic E-state index is 12.7. The van der Waals surface area contributed by atoms with Gasteiger partial charge in [0.1, 0.15) is 5.82 Å². The predicted octanol–water partition coefficient (Wildman–Crippen LogP) is 1.19.